The molecule has 0 atom stereocenters. The smallest absolute Gasteiger partial charge is 0.281 e. The summed E-state index contributed by atoms with van der Waals surface area (Å²) in [5.41, 5.74) is 8.11. The molecular formula is C16H19N3OS. The molecule has 2 heterocycles. The standard InChI is InChI=1S/C16H19N3OS/c1-9-8-17-10(2)15(9)11(3)18-19-16(20)14-7-12-5-4-6-13(12)21-14/h7-8,17H,4-6H2,1-3H3,(H,19,20)/b18-11+. The molecule has 0 fully saturated rings. The van der Waals surface area contributed by atoms with Gasteiger partial charge in [-0.05, 0) is 57.2 Å². The number of amides is 1. The SMILES string of the molecule is C/C(=N\NC(=O)c1cc2c(s1)CCC2)c1c(C)c[nH]c1C. The Bertz CT molecular complexity index is 683. The lowest BCUT2D eigenvalue weighted by molar-refractivity contribution is 0.0959. The second kappa shape index (κ2) is 5.48. The fraction of sp³-hybridized carbons (Fsp3) is 0.375. The summed E-state index contributed by atoms with van der Waals surface area (Å²) in [6.07, 6.45) is 5.38. The van der Waals surface area contributed by atoms with E-state index in [9.17, 15) is 4.79 Å². The summed E-state index contributed by atoms with van der Waals surface area (Å²) in [7, 11) is 0. The molecule has 2 aromatic rings. The van der Waals surface area contributed by atoms with Gasteiger partial charge >= 0.3 is 0 Å². The molecule has 110 valence electrons. The molecule has 1 aliphatic carbocycles. The average molecular weight is 301 g/mol. The second-order valence-corrected chi connectivity index (χ2v) is 6.66. The number of rotatable bonds is 3. The molecule has 2 aromatic heterocycles. The van der Waals surface area contributed by atoms with Crippen molar-refractivity contribution >= 4 is 23.0 Å². The maximum absolute atomic E-state index is 12.2. The molecule has 0 aliphatic heterocycles. The Kier molecular flexibility index (Phi) is 3.68. The highest BCUT2D eigenvalue weighted by Gasteiger charge is 2.18. The van der Waals surface area contributed by atoms with Crippen molar-refractivity contribution in [2.45, 2.75) is 40.0 Å². The van der Waals surface area contributed by atoms with Crippen LogP contribution in [0.25, 0.3) is 0 Å². The van der Waals surface area contributed by atoms with Crippen LogP contribution in [0.1, 0.15) is 50.3 Å². The van der Waals surface area contributed by atoms with Gasteiger partial charge in [-0.2, -0.15) is 5.10 Å². The quantitative estimate of drug-likeness (QED) is 0.663. The van der Waals surface area contributed by atoms with Crippen molar-refractivity contribution in [3.63, 3.8) is 0 Å². The van der Waals surface area contributed by atoms with Crippen molar-refractivity contribution in [1.29, 1.82) is 0 Å². The Morgan fingerprint density at radius 1 is 1.38 bits per heavy atom. The van der Waals surface area contributed by atoms with Crippen LogP contribution in [0.3, 0.4) is 0 Å². The van der Waals surface area contributed by atoms with E-state index in [4.69, 9.17) is 0 Å². The van der Waals surface area contributed by atoms with E-state index in [0.717, 1.165) is 40.3 Å². The van der Waals surface area contributed by atoms with Gasteiger partial charge in [0.25, 0.3) is 5.91 Å². The molecule has 4 nitrogen and oxygen atoms in total. The molecule has 0 unspecified atom stereocenters. The number of carbonyl (C=O) groups is 1. The van der Waals surface area contributed by atoms with E-state index in [-0.39, 0.29) is 5.91 Å². The average Bonchev–Trinajstić information content (AvgIpc) is 3.10. The molecule has 0 bridgehead atoms. The summed E-state index contributed by atoms with van der Waals surface area (Å²) in [4.78, 5) is 17.5. The van der Waals surface area contributed by atoms with Gasteiger partial charge < -0.3 is 4.98 Å². The van der Waals surface area contributed by atoms with Crippen molar-refractivity contribution in [3.05, 3.63) is 44.4 Å². The van der Waals surface area contributed by atoms with Crippen molar-refractivity contribution in [2.75, 3.05) is 0 Å². The van der Waals surface area contributed by atoms with Crippen LogP contribution in [0.15, 0.2) is 17.4 Å². The third-order valence-electron chi connectivity index (χ3n) is 3.93. The normalized spacial score (nSPS) is 14.3. The van der Waals surface area contributed by atoms with Crippen molar-refractivity contribution in [3.8, 4) is 0 Å². The van der Waals surface area contributed by atoms with Gasteiger partial charge in [-0.1, -0.05) is 0 Å². The number of aromatic amines is 1. The Balaban J connectivity index is 1.74. The molecule has 3 rings (SSSR count). The number of fused-ring (bicyclic) bond motifs is 1. The van der Waals surface area contributed by atoms with Gasteiger partial charge in [-0.25, -0.2) is 5.43 Å². The maximum atomic E-state index is 12.2. The van der Waals surface area contributed by atoms with Gasteiger partial charge in [0.15, 0.2) is 0 Å². The van der Waals surface area contributed by atoms with Crippen LogP contribution in [0.2, 0.25) is 0 Å². The summed E-state index contributed by atoms with van der Waals surface area (Å²) >= 11 is 1.60. The number of nitrogens with one attached hydrogen (secondary N) is 2. The zero-order valence-electron chi connectivity index (χ0n) is 12.5. The lowest BCUT2D eigenvalue weighted by Gasteiger charge is -2.03. The van der Waals surface area contributed by atoms with E-state index in [1.165, 1.54) is 16.9 Å². The van der Waals surface area contributed by atoms with Crippen LogP contribution in [0.5, 0.6) is 0 Å². The number of hydrogen-bond acceptors (Lipinski definition) is 3. The summed E-state index contributed by atoms with van der Waals surface area (Å²) in [5, 5.41) is 4.25. The van der Waals surface area contributed by atoms with Gasteiger partial charge in [-0.15, -0.1) is 11.3 Å². The van der Waals surface area contributed by atoms with Gasteiger partial charge in [0.05, 0.1) is 10.6 Å². The number of carbonyl (C=O) groups excluding carboxylic acids is 1. The summed E-state index contributed by atoms with van der Waals surface area (Å²) in [6, 6.07) is 2.01. The molecular weight excluding hydrogens is 282 g/mol. The van der Waals surface area contributed by atoms with E-state index in [1.807, 2.05) is 33.0 Å². The zero-order valence-corrected chi connectivity index (χ0v) is 13.4. The highest BCUT2D eigenvalue weighted by molar-refractivity contribution is 7.14. The van der Waals surface area contributed by atoms with Gasteiger partial charge in [0, 0.05) is 22.3 Å². The fourth-order valence-electron chi connectivity index (χ4n) is 2.90. The lowest BCUT2D eigenvalue weighted by atomic mass is 10.1. The number of hydrogen-bond donors (Lipinski definition) is 2. The molecule has 5 heteroatoms. The first kappa shape index (κ1) is 14.1. The number of hydrazone groups is 1. The van der Waals surface area contributed by atoms with Crippen molar-refractivity contribution in [2.24, 2.45) is 5.10 Å². The van der Waals surface area contributed by atoms with Crippen LogP contribution in [-0.2, 0) is 12.8 Å². The number of aryl methyl sites for hydroxylation is 4. The fourth-order valence-corrected chi connectivity index (χ4v) is 4.04. The summed E-state index contributed by atoms with van der Waals surface area (Å²) in [5.74, 6) is -0.111. The van der Waals surface area contributed by atoms with Crippen LogP contribution >= 0.6 is 11.3 Å². The first-order valence-electron chi connectivity index (χ1n) is 7.17. The van der Waals surface area contributed by atoms with Crippen LogP contribution in [0, 0.1) is 13.8 Å². The number of aromatic nitrogens is 1. The molecule has 0 aromatic carbocycles. The monoisotopic (exact) mass is 301 g/mol. The predicted molar refractivity (Wildman–Crippen MR) is 86.3 cm³/mol. The highest BCUT2D eigenvalue weighted by Crippen LogP contribution is 2.30. The molecule has 2 N–H and O–H groups in total. The number of thiophene rings is 1. The molecule has 1 aliphatic rings. The maximum Gasteiger partial charge on any atom is 0.281 e. The van der Waals surface area contributed by atoms with Crippen molar-refractivity contribution in [1.82, 2.24) is 10.4 Å². The summed E-state index contributed by atoms with van der Waals surface area (Å²) in [6.45, 7) is 5.95. The first-order valence-corrected chi connectivity index (χ1v) is 7.99. The number of nitrogens with zero attached hydrogens (tertiary/aromatic N) is 1. The largest absolute Gasteiger partial charge is 0.364 e. The first-order chi connectivity index (χ1) is 10.1. The minimum atomic E-state index is -0.111. The minimum absolute atomic E-state index is 0.111. The molecule has 0 radical (unpaired) electrons. The Morgan fingerprint density at radius 3 is 2.86 bits per heavy atom. The molecule has 0 saturated heterocycles. The predicted octanol–water partition coefficient (Wildman–Crippen LogP) is 3.34. The lowest BCUT2D eigenvalue weighted by Crippen LogP contribution is -2.18. The van der Waals surface area contributed by atoms with E-state index >= 15 is 0 Å². The van der Waals surface area contributed by atoms with E-state index in [1.54, 1.807) is 11.3 Å². The minimum Gasteiger partial charge on any atom is -0.364 e. The summed E-state index contributed by atoms with van der Waals surface area (Å²) < 4.78 is 0. The second-order valence-electron chi connectivity index (χ2n) is 5.52. The Morgan fingerprint density at radius 2 is 2.19 bits per heavy atom. The Hall–Kier alpha value is -1.88. The molecule has 1 amide bonds. The Labute approximate surface area is 128 Å². The van der Waals surface area contributed by atoms with E-state index in [0.29, 0.717) is 0 Å². The van der Waals surface area contributed by atoms with Gasteiger partial charge in [-0.3, -0.25) is 4.79 Å². The van der Waals surface area contributed by atoms with Gasteiger partial charge in [0.2, 0.25) is 0 Å². The zero-order chi connectivity index (χ0) is 15.0. The van der Waals surface area contributed by atoms with Gasteiger partial charge in [0.1, 0.15) is 0 Å². The van der Waals surface area contributed by atoms with Crippen molar-refractivity contribution < 1.29 is 4.79 Å². The van der Waals surface area contributed by atoms with Crippen LogP contribution < -0.4 is 5.43 Å². The van der Waals surface area contributed by atoms with Crippen LogP contribution in [-0.4, -0.2) is 16.6 Å². The third-order valence-corrected chi connectivity index (χ3v) is 5.17. The molecule has 0 spiro atoms. The highest BCUT2D eigenvalue weighted by atomic mass is 32.1. The van der Waals surface area contributed by atoms with E-state index in [2.05, 4.69) is 15.5 Å². The van der Waals surface area contributed by atoms with Crippen LogP contribution in [0.4, 0.5) is 0 Å². The molecule has 0 saturated carbocycles. The number of H-pyrrole nitrogens is 1. The third kappa shape index (κ3) is 2.65. The van der Waals surface area contributed by atoms with E-state index < -0.39 is 0 Å². The topological polar surface area (TPSA) is 57.2 Å². The molecule has 21 heavy (non-hydrogen) atoms.